The summed E-state index contributed by atoms with van der Waals surface area (Å²) in [7, 11) is 0. The summed E-state index contributed by atoms with van der Waals surface area (Å²) in [4.78, 5) is 0. The van der Waals surface area contributed by atoms with Crippen molar-refractivity contribution in [1.82, 2.24) is 0 Å². The topological polar surface area (TPSA) is 20.2 Å². The molecule has 2 rings (SSSR count). The van der Waals surface area contributed by atoms with Gasteiger partial charge in [-0.1, -0.05) is 51.8 Å². The van der Waals surface area contributed by atoms with Crippen LogP contribution in [-0.4, -0.2) is 11.7 Å². The van der Waals surface area contributed by atoms with E-state index in [-0.39, 0.29) is 17.5 Å². The van der Waals surface area contributed by atoms with Crippen LogP contribution < -0.4 is 0 Å². The van der Waals surface area contributed by atoms with Crippen molar-refractivity contribution in [2.45, 2.75) is 12.3 Å². The first kappa shape index (κ1) is 14.5. The van der Waals surface area contributed by atoms with Crippen molar-refractivity contribution in [2.24, 2.45) is 0 Å². The van der Waals surface area contributed by atoms with E-state index in [1.54, 1.807) is 12.1 Å². The maximum atomic E-state index is 13.4. The van der Waals surface area contributed by atoms with Crippen LogP contribution in [0.4, 0.5) is 4.39 Å². The zero-order valence-electron chi connectivity index (χ0n) is 10.1. The fourth-order valence-corrected chi connectivity index (χ4v) is 2.46. The van der Waals surface area contributed by atoms with Crippen molar-refractivity contribution in [3.8, 4) is 0 Å². The van der Waals surface area contributed by atoms with Crippen molar-refractivity contribution >= 4 is 27.5 Å². The minimum Gasteiger partial charge on any atom is -0.396 e. The Labute approximate surface area is 125 Å². The number of hydrogen-bond acceptors (Lipinski definition) is 1. The molecule has 1 atom stereocenters. The molecule has 100 valence electrons. The maximum absolute atomic E-state index is 13.4. The second-order valence-corrected chi connectivity index (χ2v) is 5.64. The van der Waals surface area contributed by atoms with E-state index in [2.05, 4.69) is 15.9 Å². The van der Waals surface area contributed by atoms with E-state index in [9.17, 15) is 9.50 Å². The predicted molar refractivity (Wildman–Crippen MR) is 79.1 cm³/mol. The molecule has 1 unspecified atom stereocenters. The van der Waals surface area contributed by atoms with Crippen LogP contribution in [0.5, 0.6) is 0 Å². The van der Waals surface area contributed by atoms with Gasteiger partial charge in [-0.15, -0.1) is 0 Å². The second kappa shape index (κ2) is 6.51. The Morgan fingerprint density at radius 3 is 2.47 bits per heavy atom. The Morgan fingerprint density at radius 2 is 1.84 bits per heavy atom. The average molecular weight is 344 g/mol. The Bertz CT molecular complexity index is 557. The van der Waals surface area contributed by atoms with Crippen LogP contribution in [0.2, 0.25) is 5.02 Å². The number of hydrogen-bond donors (Lipinski definition) is 1. The first-order chi connectivity index (χ1) is 9.11. The summed E-state index contributed by atoms with van der Waals surface area (Å²) < 4.78 is 14.4. The first-order valence-electron chi connectivity index (χ1n) is 5.91. The highest BCUT2D eigenvalue weighted by molar-refractivity contribution is 9.10. The van der Waals surface area contributed by atoms with Crippen LogP contribution in [0.25, 0.3) is 0 Å². The van der Waals surface area contributed by atoms with E-state index in [4.69, 9.17) is 11.6 Å². The average Bonchev–Trinajstić information content (AvgIpc) is 2.42. The normalized spacial score (nSPS) is 12.4. The minimum absolute atomic E-state index is 0.00548. The SMILES string of the molecule is OCC(Cc1cccc(F)c1Cl)c1ccc(Br)cc1. The number of aliphatic hydroxyl groups excluding tert-OH is 1. The van der Waals surface area contributed by atoms with E-state index < -0.39 is 5.82 Å². The van der Waals surface area contributed by atoms with E-state index in [1.807, 2.05) is 24.3 Å². The fraction of sp³-hybridized carbons (Fsp3) is 0.200. The molecule has 0 saturated carbocycles. The van der Waals surface area contributed by atoms with Crippen LogP contribution in [-0.2, 0) is 6.42 Å². The van der Waals surface area contributed by atoms with Crippen LogP contribution >= 0.6 is 27.5 Å². The van der Waals surface area contributed by atoms with E-state index in [0.717, 1.165) is 10.0 Å². The van der Waals surface area contributed by atoms with Gasteiger partial charge in [-0.25, -0.2) is 4.39 Å². The van der Waals surface area contributed by atoms with Gasteiger partial charge in [0.15, 0.2) is 0 Å². The largest absolute Gasteiger partial charge is 0.396 e. The highest BCUT2D eigenvalue weighted by Gasteiger charge is 2.14. The molecule has 0 aliphatic rings. The summed E-state index contributed by atoms with van der Waals surface area (Å²) in [5.41, 5.74) is 1.72. The van der Waals surface area contributed by atoms with Crippen LogP contribution in [0.3, 0.4) is 0 Å². The Morgan fingerprint density at radius 1 is 1.16 bits per heavy atom. The summed E-state index contributed by atoms with van der Waals surface area (Å²) in [6.07, 6.45) is 0.509. The standard InChI is InChI=1S/C15H13BrClFO/c16-13-6-4-10(5-7-13)12(9-19)8-11-2-1-3-14(18)15(11)17/h1-7,12,19H,8-9H2. The van der Waals surface area contributed by atoms with Gasteiger partial charge in [-0.3, -0.25) is 0 Å². The van der Waals surface area contributed by atoms with E-state index >= 15 is 0 Å². The summed E-state index contributed by atoms with van der Waals surface area (Å²) >= 11 is 9.31. The van der Waals surface area contributed by atoms with Crippen molar-refractivity contribution < 1.29 is 9.50 Å². The molecule has 0 saturated heterocycles. The highest BCUT2D eigenvalue weighted by Crippen LogP contribution is 2.27. The predicted octanol–water partition coefficient (Wildman–Crippen LogP) is 4.56. The molecular weight excluding hydrogens is 331 g/mol. The Balaban J connectivity index is 2.24. The molecular formula is C15H13BrClFO. The Kier molecular flexibility index (Phi) is 4.97. The molecule has 2 aromatic carbocycles. The molecule has 1 nitrogen and oxygen atoms in total. The third-order valence-electron chi connectivity index (χ3n) is 3.06. The highest BCUT2D eigenvalue weighted by atomic mass is 79.9. The van der Waals surface area contributed by atoms with Crippen LogP contribution in [0.15, 0.2) is 46.9 Å². The Hall–Kier alpha value is -0.900. The van der Waals surface area contributed by atoms with Crippen molar-refractivity contribution in [3.63, 3.8) is 0 Å². The number of rotatable bonds is 4. The molecule has 2 aromatic rings. The quantitative estimate of drug-likeness (QED) is 0.863. The molecule has 0 aliphatic carbocycles. The maximum Gasteiger partial charge on any atom is 0.142 e. The number of aliphatic hydroxyl groups is 1. The van der Waals surface area contributed by atoms with Gasteiger partial charge in [0.25, 0.3) is 0 Å². The molecule has 0 bridgehead atoms. The summed E-state index contributed by atoms with van der Waals surface area (Å²) in [6.45, 7) is -0.00548. The smallest absolute Gasteiger partial charge is 0.142 e. The van der Waals surface area contributed by atoms with Crippen LogP contribution in [0, 0.1) is 5.82 Å². The molecule has 0 spiro atoms. The van der Waals surface area contributed by atoms with Gasteiger partial charge in [-0.05, 0) is 35.7 Å². The van der Waals surface area contributed by atoms with Crippen molar-refractivity contribution in [2.75, 3.05) is 6.61 Å². The lowest BCUT2D eigenvalue weighted by Crippen LogP contribution is -2.08. The summed E-state index contributed by atoms with van der Waals surface area (Å²) in [5, 5.41) is 9.66. The molecule has 0 radical (unpaired) electrons. The molecule has 1 N–H and O–H groups in total. The first-order valence-corrected chi connectivity index (χ1v) is 7.08. The van der Waals surface area contributed by atoms with Gasteiger partial charge in [0.05, 0.1) is 11.6 Å². The van der Waals surface area contributed by atoms with Gasteiger partial charge in [0, 0.05) is 10.4 Å². The van der Waals surface area contributed by atoms with Gasteiger partial charge >= 0.3 is 0 Å². The zero-order chi connectivity index (χ0) is 13.8. The zero-order valence-corrected chi connectivity index (χ0v) is 12.5. The molecule has 19 heavy (non-hydrogen) atoms. The monoisotopic (exact) mass is 342 g/mol. The van der Waals surface area contributed by atoms with Gasteiger partial charge in [-0.2, -0.15) is 0 Å². The molecule has 0 amide bonds. The molecule has 4 heteroatoms. The van der Waals surface area contributed by atoms with Gasteiger partial charge in [0.1, 0.15) is 5.82 Å². The lowest BCUT2D eigenvalue weighted by atomic mass is 9.93. The van der Waals surface area contributed by atoms with Crippen LogP contribution in [0.1, 0.15) is 17.0 Å². The van der Waals surface area contributed by atoms with E-state index in [0.29, 0.717) is 12.0 Å². The van der Waals surface area contributed by atoms with E-state index in [1.165, 1.54) is 6.07 Å². The lowest BCUT2D eigenvalue weighted by molar-refractivity contribution is 0.264. The third-order valence-corrected chi connectivity index (χ3v) is 4.01. The van der Waals surface area contributed by atoms with Gasteiger partial charge in [0.2, 0.25) is 0 Å². The molecule has 0 aliphatic heterocycles. The molecule has 0 heterocycles. The fourth-order valence-electron chi connectivity index (χ4n) is 1.99. The third kappa shape index (κ3) is 3.56. The number of halogens is 3. The lowest BCUT2D eigenvalue weighted by Gasteiger charge is -2.16. The van der Waals surface area contributed by atoms with Gasteiger partial charge < -0.3 is 5.11 Å². The molecule has 0 fully saturated rings. The number of benzene rings is 2. The summed E-state index contributed by atoms with van der Waals surface area (Å²) in [5.74, 6) is -0.515. The second-order valence-electron chi connectivity index (χ2n) is 4.35. The molecule has 0 aromatic heterocycles. The van der Waals surface area contributed by atoms with Crippen molar-refractivity contribution in [1.29, 1.82) is 0 Å². The summed E-state index contributed by atoms with van der Waals surface area (Å²) in [6, 6.07) is 12.5. The minimum atomic E-state index is -0.424. The van der Waals surface area contributed by atoms with Crippen molar-refractivity contribution in [3.05, 3.63) is 68.9 Å².